The molecule has 0 amide bonds. The number of hydrogen-bond donors (Lipinski definition) is 1. The number of nitrogens with zero attached hydrogens (tertiary/aromatic N) is 2. The van der Waals surface area contributed by atoms with Crippen LogP contribution in [0.3, 0.4) is 0 Å². The Kier molecular flexibility index (Phi) is 8.09. The molecule has 2 aliphatic rings. The largest absolute Gasteiger partial charge is 0.492 e. The molecule has 3 aromatic rings. The third kappa shape index (κ3) is 5.84. The Hall–Kier alpha value is -1.69. The molecule has 0 saturated carbocycles. The molecular weight excluding hydrogens is 481 g/mol. The van der Waals surface area contributed by atoms with Gasteiger partial charge in [-0.15, -0.1) is 0 Å². The fraction of sp³-hybridized carbons (Fsp3) is 0.500. The molecule has 9 nitrogen and oxygen atoms in total. The average molecular weight is 511 g/mol. The predicted molar refractivity (Wildman–Crippen MR) is 132 cm³/mol. The van der Waals surface area contributed by atoms with Gasteiger partial charge in [0.15, 0.2) is 22.4 Å². The van der Waals surface area contributed by atoms with Gasteiger partial charge in [0.05, 0.1) is 53.1 Å². The summed E-state index contributed by atoms with van der Waals surface area (Å²) in [6.07, 6.45) is 1.76. The van der Waals surface area contributed by atoms with E-state index < -0.39 is 16.6 Å². The first-order valence-corrected chi connectivity index (χ1v) is 12.6. The normalized spacial score (nSPS) is 18.2. The number of nitrogens with one attached hydrogen (secondary N) is 1. The van der Waals surface area contributed by atoms with Gasteiger partial charge in [-0.1, -0.05) is 0 Å². The zero-order valence-corrected chi connectivity index (χ0v) is 23.6. The Morgan fingerprint density at radius 2 is 1.83 bits per heavy atom. The minimum absolute atomic E-state index is 0. The topological polar surface area (TPSA) is 105 Å². The van der Waals surface area contributed by atoms with Crippen molar-refractivity contribution in [1.29, 1.82) is 0 Å². The minimum Gasteiger partial charge on any atom is -0.492 e. The van der Waals surface area contributed by atoms with E-state index in [1.165, 1.54) is 0 Å². The molecule has 4 heterocycles. The summed E-state index contributed by atoms with van der Waals surface area (Å²) in [5.74, 6) is 1.89. The molecule has 0 aliphatic carbocycles. The van der Waals surface area contributed by atoms with Crippen molar-refractivity contribution in [3.05, 3.63) is 35.2 Å². The SMILES string of the molecule is Cc1cnc(CS(=O)c2nc3cc4c(cc3[nH]2)OCCO4)c(C)c1OCC1COC(C)(C)OC1.[Na]. The second-order valence-electron chi connectivity index (χ2n) is 9.09. The standard InChI is InChI=1S/C24H29N3O6S.Na/c1-14-9-25-19(15(2)22(14)31-10-16-11-32-24(3,4)33-12-16)13-34(28)23-26-17-7-20-21(8-18(17)27-23)30-6-5-29-20;/h7-9,16H,5-6,10-13H2,1-4H3,(H,26,27);. The Balaban J connectivity index is 0.00000289. The van der Waals surface area contributed by atoms with Crippen LogP contribution in [0.25, 0.3) is 11.0 Å². The number of imidazole rings is 1. The molecule has 11 heteroatoms. The molecule has 0 bridgehead atoms. The molecule has 2 aromatic heterocycles. The number of aryl methyl sites for hydroxylation is 1. The summed E-state index contributed by atoms with van der Waals surface area (Å²) in [6.45, 7) is 10.4. The zero-order valence-electron chi connectivity index (χ0n) is 20.8. The molecule has 1 aromatic carbocycles. The quantitative estimate of drug-likeness (QED) is 0.505. The molecule has 1 saturated heterocycles. The number of pyridine rings is 1. The van der Waals surface area contributed by atoms with Crippen LogP contribution in [0, 0.1) is 19.8 Å². The van der Waals surface area contributed by atoms with E-state index in [2.05, 4.69) is 15.0 Å². The number of H-pyrrole nitrogens is 1. The Labute approximate surface area is 229 Å². The minimum atomic E-state index is -1.42. The van der Waals surface area contributed by atoms with Crippen molar-refractivity contribution >= 4 is 51.4 Å². The van der Waals surface area contributed by atoms with Gasteiger partial charge >= 0.3 is 0 Å². The molecule has 5 rings (SSSR count). The number of benzene rings is 1. The molecule has 1 unspecified atom stereocenters. The van der Waals surface area contributed by atoms with E-state index in [4.69, 9.17) is 23.7 Å². The molecule has 0 spiro atoms. The van der Waals surface area contributed by atoms with Crippen LogP contribution in [-0.4, -0.2) is 87.5 Å². The molecule has 1 radical (unpaired) electrons. The smallest absolute Gasteiger partial charge is 0.197 e. The first-order valence-electron chi connectivity index (χ1n) is 11.3. The maximum absolute atomic E-state index is 13.2. The van der Waals surface area contributed by atoms with Crippen LogP contribution in [0.15, 0.2) is 23.5 Å². The van der Waals surface area contributed by atoms with Crippen LogP contribution in [0.4, 0.5) is 0 Å². The van der Waals surface area contributed by atoms with Gasteiger partial charge in [-0.25, -0.2) is 4.98 Å². The van der Waals surface area contributed by atoms with Gasteiger partial charge in [-0.2, -0.15) is 0 Å². The maximum atomic E-state index is 13.2. The zero-order chi connectivity index (χ0) is 23.9. The molecule has 1 fully saturated rings. The summed E-state index contributed by atoms with van der Waals surface area (Å²) in [5, 5.41) is 0.390. The summed E-state index contributed by atoms with van der Waals surface area (Å²) in [6, 6.07) is 3.64. The molecule has 2 aliphatic heterocycles. The van der Waals surface area contributed by atoms with Gasteiger partial charge < -0.3 is 28.7 Å². The van der Waals surface area contributed by atoms with E-state index in [1.54, 1.807) is 6.20 Å². The Bertz CT molecular complexity index is 1190. The number of ether oxygens (including phenoxy) is 5. The molecule has 1 atom stereocenters. The summed E-state index contributed by atoms with van der Waals surface area (Å²) in [7, 11) is -1.42. The van der Waals surface area contributed by atoms with Crippen LogP contribution in [0.5, 0.6) is 17.2 Å². The molecular formula is C24H29N3NaO6S. The van der Waals surface area contributed by atoms with Crippen LogP contribution in [0.2, 0.25) is 0 Å². The monoisotopic (exact) mass is 510 g/mol. The van der Waals surface area contributed by atoms with Crippen LogP contribution < -0.4 is 14.2 Å². The van der Waals surface area contributed by atoms with Gasteiger partial charge in [0, 0.05) is 64.9 Å². The van der Waals surface area contributed by atoms with E-state index in [0.29, 0.717) is 60.9 Å². The first-order chi connectivity index (χ1) is 16.3. The van der Waals surface area contributed by atoms with Gasteiger partial charge in [0.25, 0.3) is 0 Å². The Morgan fingerprint density at radius 3 is 2.54 bits per heavy atom. The van der Waals surface area contributed by atoms with Gasteiger partial charge in [-0.3, -0.25) is 9.19 Å². The van der Waals surface area contributed by atoms with E-state index in [9.17, 15) is 4.21 Å². The van der Waals surface area contributed by atoms with E-state index in [0.717, 1.165) is 22.4 Å². The predicted octanol–water partition coefficient (Wildman–Crippen LogP) is 3.05. The van der Waals surface area contributed by atoms with Crippen LogP contribution >= 0.6 is 0 Å². The van der Waals surface area contributed by atoms with Gasteiger partial charge in [0.1, 0.15) is 19.0 Å². The van der Waals surface area contributed by atoms with Gasteiger partial charge in [0.2, 0.25) is 0 Å². The van der Waals surface area contributed by atoms with Crippen molar-refractivity contribution in [1.82, 2.24) is 15.0 Å². The summed E-state index contributed by atoms with van der Waals surface area (Å²) in [4.78, 5) is 12.2. The van der Waals surface area contributed by atoms with Crippen molar-refractivity contribution in [3.8, 4) is 17.2 Å². The summed E-state index contributed by atoms with van der Waals surface area (Å²) < 4.78 is 42.0. The fourth-order valence-electron chi connectivity index (χ4n) is 3.97. The second kappa shape index (κ2) is 10.7. The van der Waals surface area contributed by atoms with Crippen LogP contribution in [-0.2, 0) is 26.0 Å². The van der Waals surface area contributed by atoms with Crippen LogP contribution in [0.1, 0.15) is 30.7 Å². The third-order valence-electron chi connectivity index (χ3n) is 5.95. The number of rotatable bonds is 6. The number of hydrogen-bond acceptors (Lipinski definition) is 8. The summed E-state index contributed by atoms with van der Waals surface area (Å²) in [5.41, 5.74) is 3.96. The van der Waals surface area contributed by atoms with Crippen molar-refractivity contribution in [2.24, 2.45) is 5.92 Å². The van der Waals surface area contributed by atoms with E-state index >= 15 is 0 Å². The first kappa shape index (κ1) is 26.4. The molecule has 183 valence electrons. The average Bonchev–Trinajstić information content (AvgIpc) is 3.23. The number of fused-ring (bicyclic) bond motifs is 2. The number of aromatic nitrogens is 3. The molecule has 35 heavy (non-hydrogen) atoms. The van der Waals surface area contributed by atoms with Crippen molar-refractivity contribution < 1.29 is 27.9 Å². The second-order valence-corrected chi connectivity index (χ2v) is 10.5. The maximum Gasteiger partial charge on any atom is 0.197 e. The Morgan fingerprint density at radius 1 is 1.14 bits per heavy atom. The fourth-order valence-corrected chi connectivity index (χ4v) is 5.07. The third-order valence-corrected chi connectivity index (χ3v) is 7.11. The van der Waals surface area contributed by atoms with Crippen molar-refractivity contribution in [3.63, 3.8) is 0 Å². The van der Waals surface area contributed by atoms with Crippen molar-refractivity contribution in [2.75, 3.05) is 33.0 Å². The summed E-state index contributed by atoms with van der Waals surface area (Å²) >= 11 is 0. The van der Waals surface area contributed by atoms with Crippen molar-refractivity contribution in [2.45, 2.75) is 44.4 Å². The molecule has 1 N–H and O–H groups in total. The van der Waals surface area contributed by atoms with E-state index in [-0.39, 0.29) is 41.2 Å². The van der Waals surface area contributed by atoms with Gasteiger partial charge in [-0.05, 0) is 27.7 Å². The number of aromatic amines is 1. The van der Waals surface area contributed by atoms with E-state index in [1.807, 2.05) is 39.8 Å².